The zero-order valence-corrected chi connectivity index (χ0v) is 11.0. The molecule has 0 bridgehead atoms. The van der Waals surface area contributed by atoms with Crippen molar-refractivity contribution in [1.29, 1.82) is 0 Å². The second kappa shape index (κ2) is 6.06. The van der Waals surface area contributed by atoms with E-state index in [4.69, 9.17) is 4.74 Å². The normalized spacial score (nSPS) is 20.7. The van der Waals surface area contributed by atoms with E-state index >= 15 is 0 Å². The predicted octanol–water partition coefficient (Wildman–Crippen LogP) is 3.63. The molecular formula is C15H23NO. The zero-order valence-electron chi connectivity index (χ0n) is 11.0. The van der Waals surface area contributed by atoms with Crippen LogP contribution in [0.3, 0.4) is 0 Å². The van der Waals surface area contributed by atoms with Crippen molar-refractivity contribution in [2.75, 3.05) is 20.2 Å². The van der Waals surface area contributed by atoms with E-state index in [0.717, 1.165) is 5.75 Å². The van der Waals surface area contributed by atoms with E-state index in [1.165, 1.54) is 44.3 Å². The summed E-state index contributed by atoms with van der Waals surface area (Å²) >= 11 is 0. The fourth-order valence-corrected chi connectivity index (χ4v) is 2.66. The quantitative estimate of drug-likeness (QED) is 0.770. The monoisotopic (exact) mass is 233 g/mol. The third-order valence-electron chi connectivity index (χ3n) is 3.66. The largest absolute Gasteiger partial charge is 0.497 e. The van der Waals surface area contributed by atoms with Gasteiger partial charge in [-0.05, 0) is 50.0 Å². The molecule has 0 aromatic heterocycles. The Kier molecular flexibility index (Phi) is 4.43. The van der Waals surface area contributed by atoms with Crippen LogP contribution in [0.15, 0.2) is 24.3 Å². The van der Waals surface area contributed by atoms with Crippen LogP contribution >= 0.6 is 0 Å². The van der Waals surface area contributed by atoms with Crippen LogP contribution in [0.5, 0.6) is 5.75 Å². The Balaban J connectivity index is 2.03. The molecule has 0 spiro atoms. The van der Waals surface area contributed by atoms with E-state index in [1.807, 2.05) is 0 Å². The molecule has 1 heterocycles. The lowest BCUT2D eigenvalue weighted by Gasteiger charge is -2.24. The molecule has 2 rings (SSSR count). The SMILES string of the molecule is CCCCN1CCC[C@@H]1c1ccc(OC)cc1. The Bertz CT molecular complexity index is 333. The first kappa shape index (κ1) is 12.4. The van der Waals surface area contributed by atoms with E-state index < -0.39 is 0 Å². The summed E-state index contributed by atoms with van der Waals surface area (Å²) in [5.41, 5.74) is 1.44. The number of likely N-dealkylation sites (tertiary alicyclic amines) is 1. The summed E-state index contributed by atoms with van der Waals surface area (Å²) in [4.78, 5) is 2.63. The number of unbranched alkanes of at least 4 members (excludes halogenated alkanes) is 1. The van der Waals surface area contributed by atoms with Crippen molar-refractivity contribution < 1.29 is 4.74 Å². The molecule has 17 heavy (non-hydrogen) atoms. The summed E-state index contributed by atoms with van der Waals surface area (Å²) in [5.74, 6) is 0.951. The average Bonchev–Trinajstić information content (AvgIpc) is 2.84. The summed E-state index contributed by atoms with van der Waals surface area (Å²) in [6, 6.07) is 9.21. The fraction of sp³-hybridized carbons (Fsp3) is 0.600. The molecule has 94 valence electrons. The van der Waals surface area contributed by atoms with E-state index in [2.05, 4.69) is 36.1 Å². The van der Waals surface area contributed by atoms with Crippen LogP contribution in [-0.4, -0.2) is 25.1 Å². The van der Waals surface area contributed by atoms with E-state index in [1.54, 1.807) is 7.11 Å². The minimum absolute atomic E-state index is 0.632. The van der Waals surface area contributed by atoms with Crippen LogP contribution in [0, 0.1) is 0 Å². The minimum atomic E-state index is 0.632. The van der Waals surface area contributed by atoms with Gasteiger partial charge in [-0.15, -0.1) is 0 Å². The fourth-order valence-electron chi connectivity index (χ4n) is 2.66. The van der Waals surface area contributed by atoms with Gasteiger partial charge in [0, 0.05) is 6.04 Å². The Morgan fingerprint density at radius 1 is 1.29 bits per heavy atom. The van der Waals surface area contributed by atoms with Gasteiger partial charge in [0.15, 0.2) is 0 Å². The van der Waals surface area contributed by atoms with Gasteiger partial charge in [-0.1, -0.05) is 25.5 Å². The smallest absolute Gasteiger partial charge is 0.118 e. The molecule has 0 saturated carbocycles. The van der Waals surface area contributed by atoms with E-state index in [0.29, 0.717) is 6.04 Å². The molecule has 0 aliphatic carbocycles. The molecule has 2 nitrogen and oxygen atoms in total. The molecule has 0 N–H and O–H groups in total. The summed E-state index contributed by atoms with van der Waals surface area (Å²) in [7, 11) is 1.72. The topological polar surface area (TPSA) is 12.5 Å². The Hall–Kier alpha value is -1.02. The molecule has 1 atom stereocenters. The lowest BCUT2D eigenvalue weighted by atomic mass is 10.0. The van der Waals surface area contributed by atoms with Crippen molar-refractivity contribution >= 4 is 0 Å². The number of rotatable bonds is 5. The molecule has 1 aromatic carbocycles. The number of ether oxygens (including phenoxy) is 1. The van der Waals surface area contributed by atoms with Gasteiger partial charge in [-0.2, -0.15) is 0 Å². The molecule has 1 aliphatic heterocycles. The van der Waals surface area contributed by atoms with Gasteiger partial charge < -0.3 is 4.74 Å². The zero-order chi connectivity index (χ0) is 12.1. The van der Waals surface area contributed by atoms with Crippen LogP contribution in [0.25, 0.3) is 0 Å². The molecule has 1 aromatic rings. The van der Waals surface area contributed by atoms with Crippen molar-refractivity contribution in [1.82, 2.24) is 4.90 Å². The lowest BCUT2D eigenvalue weighted by molar-refractivity contribution is 0.253. The number of benzene rings is 1. The van der Waals surface area contributed by atoms with Crippen LogP contribution in [-0.2, 0) is 0 Å². The molecule has 1 aliphatic rings. The first-order valence-electron chi connectivity index (χ1n) is 6.73. The molecule has 0 unspecified atom stereocenters. The maximum absolute atomic E-state index is 5.21. The van der Waals surface area contributed by atoms with Crippen molar-refractivity contribution in [3.63, 3.8) is 0 Å². The minimum Gasteiger partial charge on any atom is -0.497 e. The summed E-state index contributed by atoms with van der Waals surface area (Å²) in [5, 5.41) is 0. The average molecular weight is 233 g/mol. The molecule has 0 amide bonds. The van der Waals surface area contributed by atoms with Gasteiger partial charge in [0.2, 0.25) is 0 Å². The maximum atomic E-state index is 5.21. The van der Waals surface area contributed by atoms with Crippen LogP contribution in [0.2, 0.25) is 0 Å². The van der Waals surface area contributed by atoms with Crippen molar-refractivity contribution in [3.05, 3.63) is 29.8 Å². The van der Waals surface area contributed by atoms with Crippen LogP contribution < -0.4 is 4.74 Å². The van der Waals surface area contributed by atoms with Gasteiger partial charge in [-0.3, -0.25) is 4.90 Å². The van der Waals surface area contributed by atoms with Crippen LogP contribution in [0.1, 0.15) is 44.2 Å². The standard InChI is InChI=1S/C15H23NO/c1-3-4-11-16-12-5-6-15(16)13-7-9-14(17-2)10-8-13/h7-10,15H,3-6,11-12H2,1-2H3/t15-/m1/s1. The van der Waals surface area contributed by atoms with E-state index in [-0.39, 0.29) is 0 Å². The summed E-state index contributed by atoms with van der Waals surface area (Å²) in [6.45, 7) is 4.77. The highest BCUT2D eigenvalue weighted by Crippen LogP contribution is 2.32. The summed E-state index contributed by atoms with van der Waals surface area (Å²) in [6.07, 6.45) is 5.23. The Morgan fingerprint density at radius 2 is 2.06 bits per heavy atom. The lowest BCUT2D eigenvalue weighted by Crippen LogP contribution is -2.24. The number of methoxy groups -OCH3 is 1. The second-order valence-electron chi connectivity index (χ2n) is 4.82. The second-order valence-corrected chi connectivity index (χ2v) is 4.82. The highest BCUT2D eigenvalue weighted by molar-refractivity contribution is 5.29. The van der Waals surface area contributed by atoms with Crippen molar-refractivity contribution in [2.45, 2.75) is 38.6 Å². The van der Waals surface area contributed by atoms with Crippen molar-refractivity contribution in [2.24, 2.45) is 0 Å². The highest BCUT2D eigenvalue weighted by Gasteiger charge is 2.24. The van der Waals surface area contributed by atoms with E-state index in [9.17, 15) is 0 Å². The molecule has 2 heteroatoms. The van der Waals surface area contributed by atoms with Gasteiger partial charge in [0.05, 0.1) is 7.11 Å². The van der Waals surface area contributed by atoms with Gasteiger partial charge in [-0.25, -0.2) is 0 Å². The molecule has 1 saturated heterocycles. The Morgan fingerprint density at radius 3 is 2.71 bits per heavy atom. The molecule has 1 fully saturated rings. The molecular weight excluding hydrogens is 210 g/mol. The van der Waals surface area contributed by atoms with Gasteiger partial charge in [0.1, 0.15) is 5.75 Å². The first-order valence-corrected chi connectivity index (χ1v) is 6.73. The third kappa shape index (κ3) is 3.01. The predicted molar refractivity (Wildman–Crippen MR) is 71.5 cm³/mol. The first-order chi connectivity index (χ1) is 8.35. The van der Waals surface area contributed by atoms with Crippen molar-refractivity contribution in [3.8, 4) is 5.75 Å². The van der Waals surface area contributed by atoms with Gasteiger partial charge in [0.25, 0.3) is 0 Å². The number of hydrogen-bond acceptors (Lipinski definition) is 2. The maximum Gasteiger partial charge on any atom is 0.118 e. The Labute approximate surface area is 105 Å². The highest BCUT2D eigenvalue weighted by atomic mass is 16.5. The summed E-state index contributed by atoms with van der Waals surface area (Å²) < 4.78 is 5.21. The number of hydrogen-bond donors (Lipinski definition) is 0. The molecule has 0 radical (unpaired) electrons. The van der Waals surface area contributed by atoms with Crippen LogP contribution in [0.4, 0.5) is 0 Å². The number of nitrogens with zero attached hydrogens (tertiary/aromatic N) is 1. The third-order valence-corrected chi connectivity index (χ3v) is 3.66. The van der Waals surface area contributed by atoms with Gasteiger partial charge >= 0.3 is 0 Å².